The van der Waals surface area contributed by atoms with Gasteiger partial charge >= 0.3 is 0 Å². The molecule has 1 rings (SSSR count). The Bertz CT molecular complexity index is 745. The highest BCUT2D eigenvalue weighted by molar-refractivity contribution is 7.43. The van der Waals surface area contributed by atoms with Crippen molar-refractivity contribution in [3.8, 4) is 0 Å². The summed E-state index contributed by atoms with van der Waals surface area (Å²) in [5.41, 5.74) is -0.411. The van der Waals surface area contributed by atoms with Gasteiger partial charge in [-0.3, -0.25) is 4.79 Å². The smallest absolute Gasteiger partial charge is 0.255 e. The van der Waals surface area contributed by atoms with E-state index in [4.69, 9.17) is 10.3 Å². The van der Waals surface area contributed by atoms with E-state index in [1.807, 2.05) is 7.05 Å². The van der Waals surface area contributed by atoms with Crippen LogP contribution < -0.4 is 15.5 Å². The van der Waals surface area contributed by atoms with Crippen molar-refractivity contribution in [2.75, 3.05) is 18.9 Å². The summed E-state index contributed by atoms with van der Waals surface area (Å²) in [6, 6.07) is 1.22. The standard InChI is InChI=1S/C13H10F3N2O2P.C5H13NO/c1-3-8(4-7(2)21(17)20)13(19)18-9-5-10(14)12(16)11(15)6-9;1-5(7)3-4-6-2/h3-6,17H,1-2H2,(H,18,19);5-7H,3-4H2,1-2H3/b8-4+;. The van der Waals surface area contributed by atoms with Crippen molar-refractivity contribution in [2.24, 2.45) is 0 Å². The van der Waals surface area contributed by atoms with Crippen molar-refractivity contribution in [1.29, 1.82) is 5.16 Å². The number of rotatable bonds is 8. The quantitative estimate of drug-likeness (QED) is 0.226. The molecule has 0 heterocycles. The van der Waals surface area contributed by atoms with Gasteiger partial charge < -0.3 is 20.6 Å². The molecule has 0 aliphatic carbocycles. The summed E-state index contributed by atoms with van der Waals surface area (Å²) in [6.45, 7) is 9.37. The first-order valence-electron chi connectivity index (χ1n) is 8.03. The first-order valence-corrected chi connectivity index (χ1v) is 9.29. The van der Waals surface area contributed by atoms with E-state index in [1.165, 1.54) is 0 Å². The molecule has 4 N–H and O–H groups in total. The van der Waals surface area contributed by atoms with E-state index in [1.54, 1.807) is 6.92 Å². The lowest BCUT2D eigenvalue weighted by Gasteiger charge is -2.07. The molecular formula is C18H23F3N3O3P. The van der Waals surface area contributed by atoms with Crippen molar-refractivity contribution in [1.82, 2.24) is 5.32 Å². The van der Waals surface area contributed by atoms with Gasteiger partial charge in [0.2, 0.25) is 0 Å². The van der Waals surface area contributed by atoms with E-state index in [0.717, 1.165) is 25.1 Å². The van der Waals surface area contributed by atoms with Gasteiger partial charge in [0.1, 0.15) is 0 Å². The molecule has 1 amide bonds. The predicted octanol–water partition coefficient (Wildman–Crippen LogP) is 3.16. The summed E-state index contributed by atoms with van der Waals surface area (Å²) in [5, 5.41) is 20.5. The zero-order valence-electron chi connectivity index (χ0n) is 15.6. The van der Waals surface area contributed by atoms with E-state index in [9.17, 15) is 22.9 Å². The van der Waals surface area contributed by atoms with Gasteiger partial charge in [0, 0.05) is 29.5 Å². The summed E-state index contributed by atoms with van der Waals surface area (Å²) in [5.74, 6) is -5.37. The molecule has 1 aromatic carbocycles. The molecule has 6 nitrogen and oxygen atoms in total. The van der Waals surface area contributed by atoms with Crippen LogP contribution in [0.3, 0.4) is 0 Å². The first kappa shape index (κ1) is 25.7. The van der Waals surface area contributed by atoms with Crippen LogP contribution in [0.4, 0.5) is 18.9 Å². The summed E-state index contributed by atoms with van der Waals surface area (Å²) < 4.78 is 38.8. The number of hydrogen-bond donors (Lipinski definition) is 4. The maximum atomic E-state index is 13.0. The lowest BCUT2D eigenvalue weighted by atomic mass is 10.2. The third-order valence-corrected chi connectivity index (χ3v) is 3.77. The first-order chi connectivity index (χ1) is 13.0. The Kier molecular flexibility index (Phi) is 11.9. The molecule has 154 valence electrons. The summed E-state index contributed by atoms with van der Waals surface area (Å²) in [4.78, 5) is 22.7. The number of carbonyl (C=O) groups excluding carboxylic acids is 1. The molecule has 10 heteroatoms. The van der Waals surface area contributed by atoms with Crippen LogP contribution in [0.5, 0.6) is 0 Å². The maximum absolute atomic E-state index is 13.0. The second-order valence-electron chi connectivity index (χ2n) is 5.54. The number of amides is 1. The summed E-state index contributed by atoms with van der Waals surface area (Å²) in [6.07, 6.45) is 2.84. The van der Waals surface area contributed by atoms with Crippen LogP contribution in [0.2, 0.25) is 0 Å². The van der Waals surface area contributed by atoms with E-state index >= 15 is 0 Å². The summed E-state index contributed by atoms with van der Waals surface area (Å²) in [7, 11) is -0.589. The van der Waals surface area contributed by atoms with Crippen LogP contribution in [0.15, 0.2) is 48.3 Å². The Morgan fingerprint density at radius 3 is 2.29 bits per heavy atom. The number of hydrogen-bond acceptors (Lipinski definition) is 5. The number of nitrogens with one attached hydrogen (secondary N) is 3. The molecule has 0 aliphatic heterocycles. The normalized spacial score (nSPS) is 12.4. The second-order valence-corrected chi connectivity index (χ2v) is 6.70. The number of allylic oxidation sites excluding steroid dienone is 2. The molecule has 0 fully saturated rings. The minimum atomic E-state index is -2.47. The fourth-order valence-electron chi connectivity index (χ4n) is 1.64. The fraction of sp³-hybridized carbons (Fsp3) is 0.278. The van der Waals surface area contributed by atoms with Crippen molar-refractivity contribution in [2.45, 2.75) is 19.4 Å². The third-order valence-electron chi connectivity index (χ3n) is 3.12. The van der Waals surface area contributed by atoms with E-state index in [-0.39, 0.29) is 22.7 Å². The molecular weight excluding hydrogens is 394 g/mol. The van der Waals surface area contributed by atoms with Gasteiger partial charge in [-0.1, -0.05) is 12.7 Å². The van der Waals surface area contributed by atoms with E-state index < -0.39 is 31.3 Å². The van der Waals surface area contributed by atoms with Crippen molar-refractivity contribution in [3.05, 3.63) is 65.8 Å². The van der Waals surface area contributed by atoms with Gasteiger partial charge in [0.25, 0.3) is 5.91 Å². The molecule has 0 saturated carbocycles. The zero-order chi connectivity index (χ0) is 21.9. The highest BCUT2D eigenvalue weighted by atomic mass is 31.1. The average Bonchev–Trinajstić information content (AvgIpc) is 2.62. The topological polar surface area (TPSA) is 108 Å². The molecule has 2 unspecified atom stereocenters. The predicted molar refractivity (Wildman–Crippen MR) is 102 cm³/mol. The van der Waals surface area contributed by atoms with E-state index in [0.29, 0.717) is 12.1 Å². The van der Waals surface area contributed by atoms with E-state index in [2.05, 4.69) is 23.8 Å². The number of aliphatic hydroxyl groups excluding tert-OH is 1. The number of halogens is 3. The van der Waals surface area contributed by atoms with Crippen LogP contribution in [0, 0.1) is 22.6 Å². The molecule has 0 radical (unpaired) electrons. The van der Waals surface area contributed by atoms with Gasteiger partial charge in [-0.05, 0) is 33.5 Å². The van der Waals surface area contributed by atoms with Crippen LogP contribution >= 0.6 is 7.94 Å². The number of anilines is 1. The lowest BCUT2D eigenvalue weighted by molar-refractivity contribution is -0.154. The molecule has 0 aromatic heterocycles. The minimum Gasteiger partial charge on any atom is -0.608 e. The Balaban J connectivity index is 0.000000887. The molecule has 1 aromatic rings. The highest BCUT2D eigenvalue weighted by Crippen LogP contribution is 2.24. The average molecular weight is 417 g/mol. The highest BCUT2D eigenvalue weighted by Gasteiger charge is 2.14. The molecule has 0 spiro atoms. The van der Waals surface area contributed by atoms with Gasteiger partial charge in [-0.15, -0.1) is 5.16 Å². The van der Waals surface area contributed by atoms with Crippen molar-refractivity contribution in [3.63, 3.8) is 0 Å². The zero-order valence-corrected chi connectivity index (χ0v) is 16.5. The van der Waals surface area contributed by atoms with Crippen LogP contribution in [-0.2, 0) is 4.79 Å². The maximum Gasteiger partial charge on any atom is 0.255 e. The van der Waals surface area contributed by atoms with Crippen molar-refractivity contribution < 1.29 is 28.0 Å². The van der Waals surface area contributed by atoms with Gasteiger partial charge in [-0.2, -0.15) is 0 Å². The monoisotopic (exact) mass is 417 g/mol. The number of carbonyl (C=O) groups is 1. The Labute approximate surface area is 162 Å². The SMILES string of the molecule is C=C/C(=C\C(=C)[P+](=N)[O-])C(=O)Nc1cc(F)c(F)c(F)c1.CNCCC(C)O. The second kappa shape index (κ2) is 13.0. The van der Waals surface area contributed by atoms with Gasteiger partial charge in [0.05, 0.1) is 6.10 Å². The molecule has 28 heavy (non-hydrogen) atoms. The number of benzene rings is 1. The molecule has 2 atom stereocenters. The summed E-state index contributed by atoms with van der Waals surface area (Å²) >= 11 is 0. The Hall–Kier alpha value is -2.32. The molecule has 0 aliphatic rings. The molecule has 0 saturated heterocycles. The van der Waals surface area contributed by atoms with Crippen LogP contribution in [-0.4, -0.2) is 30.7 Å². The lowest BCUT2D eigenvalue weighted by Crippen LogP contribution is -2.14. The van der Waals surface area contributed by atoms with Crippen LogP contribution in [0.25, 0.3) is 0 Å². The Morgan fingerprint density at radius 2 is 1.93 bits per heavy atom. The largest absolute Gasteiger partial charge is 0.608 e. The van der Waals surface area contributed by atoms with Gasteiger partial charge in [-0.25, -0.2) is 13.2 Å². The molecule has 0 bridgehead atoms. The van der Waals surface area contributed by atoms with Crippen molar-refractivity contribution >= 4 is 19.5 Å². The third kappa shape index (κ3) is 9.57. The van der Waals surface area contributed by atoms with Crippen LogP contribution in [0.1, 0.15) is 13.3 Å². The minimum absolute atomic E-state index is 0.110. The fourth-order valence-corrected chi connectivity index (χ4v) is 1.90. The van der Waals surface area contributed by atoms with Gasteiger partial charge in [0.15, 0.2) is 30.7 Å². The Morgan fingerprint density at radius 1 is 1.39 bits per heavy atom. The number of aliphatic hydroxyl groups is 1.